The summed E-state index contributed by atoms with van der Waals surface area (Å²) in [6.45, 7) is 9.43. The Balaban J connectivity index is 0.730. The highest BCUT2D eigenvalue weighted by molar-refractivity contribution is 6.10. The van der Waals surface area contributed by atoms with Gasteiger partial charge in [-0.2, -0.15) is 0 Å². The van der Waals surface area contributed by atoms with E-state index in [4.69, 9.17) is 0 Å². The zero-order valence-electron chi connectivity index (χ0n) is 47.5. The van der Waals surface area contributed by atoms with Crippen molar-refractivity contribution in [3.63, 3.8) is 0 Å². The normalized spacial score (nSPS) is 13.6. The fourth-order valence-corrected chi connectivity index (χ4v) is 14.1. The topological polar surface area (TPSA) is 16.3 Å². The van der Waals surface area contributed by atoms with E-state index in [0.717, 1.165) is 56.6 Å². The van der Waals surface area contributed by atoms with Crippen LogP contribution in [0.4, 0.5) is 34.1 Å². The lowest BCUT2D eigenvalue weighted by atomic mass is 9.82. The van der Waals surface area contributed by atoms with E-state index in [0.29, 0.717) is 0 Å². The second-order valence-electron chi connectivity index (χ2n) is 23.8. The number of fused-ring (bicyclic) bond motifs is 12. The van der Waals surface area contributed by atoms with Gasteiger partial charge in [0, 0.05) is 77.9 Å². The molecule has 0 saturated heterocycles. The molecule has 0 N–H and O–H groups in total. The van der Waals surface area contributed by atoms with Crippen LogP contribution in [0.3, 0.4) is 0 Å². The fraction of sp³-hybridized carbons (Fsp3) is 0.0750. The minimum Gasteiger partial charge on any atom is -0.310 e. The molecule has 2 aromatic heterocycles. The summed E-state index contributed by atoms with van der Waals surface area (Å²) in [7, 11) is 0. The van der Waals surface area contributed by atoms with Gasteiger partial charge in [0.25, 0.3) is 0 Å². The van der Waals surface area contributed by atoms with Gasteiger partial charge in [0.2, 0.25) is 0 Å². The molecule has 0 amide bonds. The summed E-state index contributed by atoms with van der Waals surface area (Å²) >= 11 is 0. The van der Waals surface area contributed by atoms with Gasteiger partial charge < -0.3 is 18.9 Å². The standard InChI is InChI=1S/C80H60N4/c1-79(2)71-23-11-5-17-63(71)65-49-47-61(51-73(65)79)81(57-39-43-59(44-40-57)83-75-25-13-7-19-67(75)68-20-8-14-26-76(68)83)55-35-31-53(32-36-55)29-30-54-33-37-56(38-34-54)82(62-48-50-66-64-18-6-12-24-72(64)80(3,4)74(66)52-62)58-41-45-60(46-42-58)84-77-27-15-9-21-69(77)70-22-10-16-28-78(70)84/h5-52H,1-4H3/b30-29+. The number of hydrogen-bond donors (Lipinski definition) is 0. The summed E-state index contributed by atoms with van der Waals surface area (Å²) in [5.41, 5.74) is 26.4. The molecule has 0 spiro atoms. The predicted molar refractivity (Wildman–Crippen MR) is 355 cm³/mol. The largest absolute Gasteiger partial charge is 0.310 e. The molecule has 84 heavy (non-hydrogen) atoms. The summed E-state index contributed by atoms with van der Waals surface area (Å²) in [6.07, 6.45) is 4.45. The lowest BCUT2D eigenvalue weighted by molar-refractivity contribution is 0.660. The molecular weight excluding hydrogens is 1020 g/mol. The number of hydrogen-bond acceptors (Lipinski definition) is 2. The average Bonchev–Trinajstić information content (AvgIpc) is 2.99. The Morgan fingerprint density at radius 2 is 0.536 bits per heavy atom. The Morgan fingerprint density at radius 1 is 0.262 bits per heavy atom. The molecule has 400 valence electrons. The number of benzene rings is 12. The summed E-state index contributed by atoms with van der Waals surface area (Å²) in [5, 5.41) is 5.03. The quantitative estimate of drug-likeness (QED) is 0.127. The van der Waals surface area contributed by atoms with Gasteiger partial charge in [0.05, 0.1) is 22.1 Å². The molecule has 0 fully saturated rings. The van der Waals surface area contributed by atoms with Crippen molar-refractivity contribution in [2.24, 2.45) is 0 Å². The molecule has 0 radical (unpaired) electrons. The number of nitrogens with zero attached hydrogens (tertiary/aromatic N) is 4. The van der Waals surface area contributed by atoms with Crippen molar-refractivity contribution >= 4 is 89.9 Å². The van der Waals surface area contributed by atoms with Crippen LogP contribution in [0.1, 0.15) is 61.1 Å². The highest BCUT2D eigenvalue weighted by Gasteiger charge is 2.37. The SMILES string of the molecule is CC1(C)c2ccccc2-c2ccc(N(c3ccc(/C=C/c4ccc(N(c5ccc(-n6c7ccccc7c7ccccc76)cc5)c5ccc6c(c5)C(C)(C)c5ccccc5-6)cc4)cc3)c3ccc(-n4c5ccccc5c5ccccc54)cc3)cc21. The Kier molecular flexibility index (Phi) is 11.2. The first kappa shape index (κ1) is 49.4. The number of rotatable bonds is 10. The van der Waals surface area contributed by atoms with Crippen molar-refractivity contribution in [3.05, 3.63) is 312 Å². The van der Waals surface area contributed by atoms with Crippen LogP contribution < -0.4 is 9.80 Å². The van der Waals surface area contributed by atoms with E-state index >= 15 is 0 Å². The lowest BCUT2D eigenvalue weighted by Crippen LogP contribution is -2.16. The van der Waals surface area contributed by atoms with Crippen LogP contribution in [0.25, 0.3) is 89.4 Å². The van der Waals surface area contributed by atoms with Crippen molar-refractivity contribution in [1.82, 2.24) is 9.13 Å². The molecule has 0 aliphatic heterocycles. The van der Waals surface area contributed by atoms with Gasteiger partial charge in [0.1, 0.15) is 0 Å². The molecule has 16 rings (SSSR count). The van der Waals surface area contributed by atoms with Crippen molar-refractivity contribution in [2.75, 3.05) is 9.80 Å². The number of para-hydroxylation sites is 4. The van der Waals surface area contributed by atoms with E-state index in [1.54, 1.807) is 0 Å². The number of anilines is 6. The molecule has 0 bridgehead atoms. The van der Waals surface area contributed by atoms with Crippen molar-refractivity contribution < 1.29 is 0 Å². The third-order valence-electron chi connectivity index (χ3n) is 18.3. The molecule has 2 aliphatic carbocycles. The van der Waals surface area contributed by atoms with Crippen molar-refractivity contribution in [1.29, 1.82) is 0 Å². The zero-order valence-corrected chi connectivity index (χ0v) is 47.5. The molecule has 0 saturated carbocycles. The van der Waals surface area contributed by atoms with Crippen LogP contribution in [0.5, 0.6) is 0 Å². The maximum atomic E-state index is 2.42. The summed E-state index contributed by atoms with van der Waals surface area (Å²) < 4.78 is 4.78. The van der Waals surface area contributed by atoms with Crippen LogP contribution in [0, 0.1) is 0 Å². The maximum Gasteiger partial charge on any atom is 0.0541 e. The Bertz CT molecular complexity index is 4510. The minimum absolute atomic E-state index is 0.133. The first-order chi connectivity index (χ1) is 41.2. The predicted octanol–water partition coefficient (Wildman–Crippen LogP) is 21.6. The van der Waals surface area contributed by atoms with E-state index in [1.165, 1.54) is 88.1 Å². The average molecular weight is 1080 g/mol. The highest BCUT2D eigenvalue weighted by atomic mass is 15.1. The highest BCUT2D eigenvalue weighted by Crippen LogP contribution is 2.53. The van der Waals surface area contributed by atoms with Crippen molar-refractivity contribution in [2.45, 2.75) is 38.5 Å². The van der Waals surface area contributed by atoms with Crippen LogP contribution in [0.15, 0.2) is 279 Å². The van der Waals surface area contributed by atoms with Gasteiger partial charge in [-0.15, -0.1) is 0 Å². The van der Waals surface area contributed by atoms with Gasteiger partial charge in [-0.25, -0.2) is 0 Å². The number of aromatic nitrogens is 2. The van der Waals surface area contributed by atoms with Crippen LogP contribution in [-0.4, -0.2) is 9.13 Å². The maximum absolute atomic E-state index is 2.42. The molecule has 2 heterocycles. The third-order valence-corrected chi connectivity index (χ3v) is 18.3. The monoisotopic (exact) mass is 1080 g/mol. The molecule has 2 aliphatic rings. The summed E-state index contributed by atoms with van der Waals surface area (Å²) in [4.78, 5) is 4.82. The van der Waals surface area contributed by atoms with Gasteiger partial charge >= 0.3 is 0 Å². The second-order valence-corrected chi connectivity index (χ2v) is 23.8. The first-order valence-electron chi connectivity index (χ1n) is 29.3. The molecule has 0 atom stereocenters. The Labute approximate surface area is 490 Å². The minimum atomic E-state index is -0.133. The van der Waals surface area contributed by atoms with E-state index in [1.807, 2.05) is 0 Å². The Morgan fingerprint density at radius 3 is 0.881 bits per heavy atom. The van der Waals surface area contributed by atoms with Gasteiger partial charge in [-0.1, -0.05) is 198 Å². The second kappa shape index (κ2) is 19.1. The van der Waals surface area contributed by atoms with Gasteiger partial charge in [-0.05, 0) is 177 Å². The van der Waals surface area contributed by atoms with Gasteiger partial charge in [-0.3, -0.25) is 0 Å². The molecule has 4 heteroatoms. The van der Waals surface area contributed by atoms with E-state index in [2.05, 4.69) is 338 Å². The van der Waals surface area contributed by atoms with Gasteiger partial charge in [0.15, 0.2) is 0 Å². The van der Waals surface area contributed by atoms with Crippen LogP contribution in [-0.2, 0) is 10.8 Å². The van der Waals surface area contributed by atoms with E-state index in [-0.39, 0.29) is 10.8 Å². The fourth-order valence-electron chi connectivity index (χ4n) is 14.1. The molecule has 4 nitrogen and oxygen atoms in total. The lowest BCUT2D eigenvalue weighted by Gasteiger charge is -2.28. The molecule has 0 unspecified atom stereocenters. The summed E-state index contributed by atoms with van der Waals surface area (Å²) in [6, 6.07) is 103. The molecular formula is C80H60N4. The molecule has 12 aromatic carbocycles. The van der Waals surface area contributed by atoms with E-state index < -0.39 is 0 Å². The smallest absolute Gasteiger partial charge is 0.0541 e. The van der Waals surface area contributed by atoms with Crippen LogP contribution in [0.2, 0.25) is 0 Å². The van der Waals surface area contributed by atoms with Crippen molar-refractivity contribution in [3.8, 4) is 33.6 Å². The third kappa shape index (κ3) is 7.74. The molecule has 14 aromatic rings. The Hall–Kier alpha value is -10.4. The summed E-state index contributed by atoms with van der Waals surface area (Å²) in [5.74, 6) is 0. The van der Waals surface area contributed by atoms with Crippen LogP contribution >= 0.6 is 0 Å². The zero-order chi connectivity index (χ0) is 56.3. The van der Waals surface area contributed by atoms with E-state index in [9.17, 15) is 0 Å². The first-order valence-corrected chi connectivity index (χ1v) is 29.3.